The maximum Gasteiger partial charge on any atom is 0.477 e. The zero-order valence-corrected chi connectivity index (χ0v) is 22.6. The third-order valence-corrected chi connectivity index (χ3v) is 7.36. The summed E-state index contributed by atoms with van der Waals surface area (Å²) >= 11 is 0. The average Bonchev–Trinajstić information content (AvgIpc) is 3.01. The summed E-state index contributed by atoms with van der Waals surface area (Å²) in [5.41, 5.74) is -1.82. The van der Waals surface area contributed by atoms with E-state index in [0.717, 1.165) is 0 Å². The molecule has 0 spiro atoms. The van der Waals surface area contributed by atoms with E-state index < -0.39 is 22.2 Å². The molecule has 0 N–H and O–H groups in total. The lowest BCUT2D eigenvalue weighted by Crippen LogP contribution is -2.51. The second-order valence-corrected chi connectivity index (χ2v) is 11.8. The van der Waals surface area contributed by atoms with E-state index in [1.54, 1.807) is 24.0 Å². The van der Waals surface area contributed by atoms with Gasteiger partial charge in [-0.05, 0) is 68.2 Å². The highest BCUT2D eigenvalue weighted by atomic mass is 17.0. The van der Waals surface area contributed by atoms with Crippen LogP contribution in [-0.4, -0.2) is 62.5 Å². The molecule has 0 aliphatic carbocycles. The first-order valence-corrected chi connectivity index (χ1v) is 12.2. The maximum atomic E-state index is 12.4. The van der Waals surface area contributed by atoms with Gasteiger partial charge in [-0.2, -0.15) is 9.68 Å². The largest absolute Gasteiger partial charge is 0.477 e. The minimum Gasteiger partial charge on any atom is -0.367 e. The Balaban J connectivity index is 1.95. The number of hydroxylamine groups is 4. The Morgan fingerprint density at radius 1 is 0.735 bits per heavy atom. The van der Waals surface area contributed by atoms with Crippen molar-refractivity contribution in [3.05, 3.63) is 4.91 Å². The van der Waals surface area contributed by atoms with E-state index in [1.165, 1.54) is 0 Å². The van der Waals surface area contributed by atoms with Crippen molar-refractivity contribution in [2.45, 2.75) is 117 Å². The normalized spacial score (nSPS) is 27.2. The van der Waals surface area contributed by atoms with Crippen molar-refractivity contribution in [1.29, 1.82) is 0 Å². The third-order valence-electron chi connectivity index (χ3n) is 7.36. The van der Waals surface area contributed by atoms with Crippen LogP contribution in [0.3, 0.4) is 0 Å². The lowest BCUT2D eigenvalue weighted by atomic mass is 9.88. The molecule has 0 aromatic heterocycles. The van der Waals surface area contributed by atoms with Crippen LogP contribution in [0.5, 0.6) is 0 Å². The van der Waals surface area contributed by atoms with Crippen LogP contribution in [0.25, 0.3) is 0 Å². The van der Waals surface area contributed by atoms with E-state index in [1.807, 2.05) is 55.4 Å². The molecule has 2 rings (SSSR count). The number of hydrogen-bond acceptors (Lipinski definition) is 9. The first-order chi connectivity index (χ1) is 15.5. The molecule has 10 nitrogen and oxygen atoms in total. The van der Waals surface area contributed by atoms with Gasteiger partial charge in [0.25, 0.3) is 0 Å². The molecule has 0 aromatic rings. The van der Waals surface area contributed by atoms with Gasteiger partial charge in [-0.3, -0.25) is 9.59 Å². The Labute approximate surface area is 203 Å². The van der Waals surface area contributed by atoms with Crippen molar-refractivity contribution in [2.24, 2.45) is 11.8 Å². The van der Waals surface area contributed by atoms with Gasteiger partial charge < -0.3 is 9.68 Å². The molecular weight excluding hydrogens is 442 g/mol. The molecular formula is C24H44N3O7+. The smallest absolute Gasteiger partial charge is 0.367 e. The van der Waals surface area contributed by atoms with Gasteiger partial charge in [0.05, 0.1) is 22.2 Å². The fraction of sp³-hybridized carbons (Fsp3) is 0.917. The molecule has 34 heavy (non-hydrogen) atoms. The molecule has 0 aromatic carbocycles. The second kappa shape index (κ2) is 9.97. The topological polar surface area (TPSA) is 97.6 Å². The van der Waals surface area contributed by atoms with Crippen LogP contribution in [0.1, 0.15) is 94.9 Å². The Hall–Kier alpha value is -1.94. The summed E-state index contributed by atoms with van der Waals surface area (Å²) < 4.78 is 0. The fourth-order valence-corrected chi connectivity index (χ4v) is 5.44. The molecule has 0 saturated carbocycles. The Kier molecular flexibility index (Phi) is 8.30. The van der Waals surface area contributed by atoms with E-state index in [9.17, 15) is 14.5 Å². The quantitative estimate of drug-likeness (QED) is 0.422. The number of carbonyl (C=O) groups excluding carboxylic acids is 2. The molecule has 2 heterocycles. The van der Waals surface area contributed by atoms with Gasteiger partial charge >= 0.3 is 17.0 Å². The van der Waals surface area contributed by atoms with Crippen molar-refractivity contribution in [1.82, 2.24) is 10.1 Å². The van der Waals surface area contributed by atoms with E-state index in [4.69, 9.17) is 19.4 Å². The van der Waals surface area contributed by atoms with E-state index in [-0.39, 0.29) is 54.9 Å². The fourth-order valence-electron chi connectivity index (χ4n) is 5.44. The number of rotatable bonds is 10. The molecule has 0 radical (unpaired) electrons. The van der Waals surface area contributed by atoms with E-state index >= 15 is 0 Å². The van der Waals surface area contributed by atoms with Crippen molar-refractivity contribution >= 4 is 11.9 Å². The lowest BCUT2D eigenvalue weighted by molar-refractivity contribution is -0.983. The van der Waals surface area contributed by atoms with Gasteiger partial charge in [-0.25, -0.2) is 0 Å². The number of hydrogen-bond donors (Lipinski definition) is 0. The van der Waals surface area contributed by atoms with Gasteiger partial charge in [-0.15, -0.1) is 10.1 Å². The zero-order valence-electron chi connectivity index (χ0n) is 22.6. The number of carbonyl (C=O) groups is 2. The highest BCUT2D eigenvalue weighted by Gasteiger charge is 2.56. The molecule has 10 heteroatoms. The van der Waals surface area contributed by atoms with Gasteiger partial charge in [0.1, 0.15) is 4.91 Å². The summed E-state index contributed by atoms with van der Waals surface area (Å²) in [5.74, 6) is -0.703. The predicted octanol–water partition coefficient (Wildman–Crippen LogP) is 4.12. The summed E-state index contributed by atoms with van der Waals surface area (Å²) in [6, 6.07) is 0. The van der Waals surface area contributed by atoms with Crippen LogP contribution in [0.15, 0.2) is 0 Å². The molecule has 2 aliphatic heterocycles. The predicted molar refractivity (Wildman–Crippen MR) is 125 cm³/mol. The van der Waals surface area contributed by atoms with E-state index in [2.05, 4.69) is 0 Å². The van der Waals surface area contributed by atoms with Crippen molar-refractivity contribution in [3.63, 3.8) is 0 Å². The van der Waals surface area contributed by atoms with Gasteiger partial charge in [0, 0.05) is 24.7 Å². The monoisotopic (exact) mass is 486 g/mol. The van der Waals surface area contributed by atoms with Crippen LogP contribution in [-0.2, 0) is 28.9 Å². The molecule has 2 aliphatic rings. The molecule has 0 amide bonds. The Morgan fingerprint density at radius 2 is 1.06 bits per heavy atom. The van der Waals surface area contributed by atoms with Gasteiger partial charge in [-0.1, -0.05) is 13.8 Å². The van der Waals surface area contributed by atoms with Crippen LogP contribution >= 0.6 is 0 Å². The summed E-state index contributed by atoms with van der Waals surface area (Å²) in [5, 5.41) is 3.63. The minimum absolute atomic E-state index is 0.0574. The maximum absolute atomic E-state index is 12.4. The minimum atomic E-state index is -0.518. The van der Waals surface area contributed by atoms with Crippen molar-refractivity contribution < 1.29 is 34.0 Å². The molecule has 2 fully saturated rings. The van der Waals surface area contributed by atoms with Gasteiger partial charge in [0.15, 0.2) is 13.2 Å². The molecule has 196 valence electrons. The molecule has 2 saturated heterocycles. The zero-order chi connectivity index (χ0) is 26.1. The molecule has 2 unspecified atom stereocenters. The summed E-state index contributed by atoms with van der Waals surface area (Å²) in [4.78, 5) is 58.3. The first kappa shape index (κ1) is 28.3. The summed E-state index contributed by atoms with van der Waals surface area (Å²) in [6.07, 6.45) is 1.95. The van der Waals surface area contributed by atoms with Gasteiger partial charge in [0.2, 0.25) is 0 Å². The number of nitrogens with zero attached hydrogens (tertiary/aromatic N) is 3. The molecule has 2 atom stereocenters. The Bertz CT molecular complexity index is 717. The van der Waals surface area contributed by atoms with E-state index in [0.29, 0.717) is 12.8 Å². The van der Waals surface area contributed by atoms with Crippen LogP contribution < -0.4 is 0 Å². The lowest BCUT2D eigenvalue weighted by Gasteiger charge is -2.38. The van der Waals surface area contributed by atoms with Crippen LogP contribution in [0.4, 0.5) is 0 Å². The van der Waals surface area contributed by atoms with Crippen molar-refractivity contribution in [2.75, 3.05) is 13.2 Å². The van der Waals surface area contributed by atoms with Crippen LogP contribution in [0, 0.1) is 16.7 Å². The Morgan fingerprint density at radius 3 is 1.35 bits per heavy atom. The highest BCUT2D eigenvalue weighted by Crippen LogP contribution is 2.46. The second-order valence-electron chi connectivity index (χ2n) is 11.8. The summed E-state index contributed by atoms with van der Waals surface area (Å²) in [6.45, 7) is 19.7. The summed E-state index contributed by atoms with van der Waals surface area (Å²) in [7, 11) is 0. The van der Waals surface area contributed by atoms with Crippen molar-refractivity contribution in [3.8, 4) is 0 Å². The SMILES string of the molecule is CCC(=O)ON1C(C)(C)CC(CO[N+](=O)OCC2CC(C)(C)N(OC(=O)CC)C2(C)C)C1(C)C. The molecule has 0 bridgehead atoms. The average molecular weight is 487 g/mol. The van der Waals surface area contributed by atoms with Crippen LogP contribution in [0.2, 0.25) is 0 Å². The first-order valence-electron chi connectivity index (χ1n) is 12.2. The highest BCUT2D eigenvalue weighted by molar-refractivity contribution is 5.69. The third kappa shape index (κ3) is 5.82. The standard InChI is InChI=1S/C24H44N3O7/c1-11-19(28)33-25-21(3,4)13-17(23(25,7)8)15-31-27(30)32-16-18-14-22(5,6)26(24(18,9)10)34-20(29)12-2/h17-18H,11-16H2,1-10H3/q+1.